The second-order valence-corrected chi connectivity index (χ2v) is 6.93. The van der Waals surface area contributed by atoms with E-state index in [1.54, 1.807) is 0 Å². The molecule has 0 atom stereocenters. The van der Waals surface area contributed by atoms with Gasteiger partial charge in [0.15, 0.2) is 5.96 Å². The predicted molar refractivity (Wildman–Crippen MR) is 85.4 cm³/mol. The van der Waals surface area contributed by atoms with Crippen molar-refractivity contribution in [2.75, 3.05) is 45.9 Å². The Kier molecular flexibility index (Phi) is 5.01. The highest BCUT2D eigenvalue weighted by Crippen LogP contribution is 2.57. The van der Waals surface area contributed by atoms with Gasteiger partial charge < -0.3 is 15.8 Å². The average molecular weight is 294 g/mol. The number of aliphatic imine (C=N–C) groups is 1. The van der Waals surface area contributed by atoms with E-state index in [-0.39, 0.29) is 0 Å². The van der Waals surface area contributed by atoms with Crippen LogP contribution in [0.4, 0.5) is 0 Å². The van der Waals surface area contributed by atoms with Gasteiger partial charge in [0.2, 0.25) is 0 Å². The zero-order valence-corrected chi connectivity index (χ0v) is 13.1. The predicted octanol–water partition coefficient (Wildman–Crippen LogP) is 1.19. The largest absolute Gasteiger partial charge is 0.379 e. The second kappa shape index (κ2) is 6.97. The molecular weight excluding hydrogens is 264 g/mol. The SMILES string of the molecule is NC(=NCC1(C2CC2)CCC1)NCCCN1CCOCC1. The number of hydrogen-bond acceptors (Lipinski definition) is 3. The summed E-state index contributed by atoms with van der Waals surface area (Å²) < 4.78 is 5.35. The van der Waals surface area contributed by atoms with Gasteiger partial charge in [-0.25, -0.2) is 0 Å². The molecule has 1 saturated heterocycles. The molecule has 0 bridgehead atoms. The van der Waals surface area contributed by atoms with E-state index in [1.807, 2.05) is 0 Å². The molecule has 21 heavy (non-hydrogen) atoms. The van der Waals surface area contributed by atoms with E-state index in [9.17, 15) is 0 Å². The topological polar surface area (TPSA) is 62.9 Å². The third-order valence-electron chi connectivity index (χ3n) is 5.42. The van der Waals surface area contributed by atoms with Gasteiger partial charge in [-0.05, 0) is 50.0 Å². The highest BCUT2D eigenvalue weighted by molar-refractivity contribution is 5.77. The molecule has 0 aromatic heterocycles. The number of guanidine groups is 1. The molecule has 3 aliphatic rings. The van der Waals surface area contributed by atoms with E-state index in [4.69, 9.17) is 10.5 Å². The minimum atomic E-state index is 0.528. The maximum Gasteiger partial charge on any atom is 0.188 e. The summed E-state index contributed by atoms with van der Waals surface area (Å²) in [6, 6.07) is 0. The fourth-order valence-electron chi connectivity index (χ4n) is 3.66. The molecule has 1 aliphatic heterocycles. The number of nitrogens with zero attached hydrogens (tertiary/aromatic N) is 2. The lowest BCUT2D eigenvalue weighted by molar-refractivity contribution is 0.0376. The van der Waals surface area contributed by atoms with E-state index >= 15 is 0 Å². The standard InChI is InChI=1S/C16H30N4O/c17-15(18-7-2-8-20-9-11-21-12-10-20)19-13-16(5-1-6-16)14-3-4-14/h14H,1-13H2,(H3,17,18,19). The van der Waals surface area contributed by atoms with Gasteiger partial charge in [0.25, 0.3) is 0 Å². The van der Waals surface area contributed by atoms with Crippen molar-refractivity contribution in [1.82, 2.24) is 10.2 Å². The van der Waals surface area contributed by atoms with Gasteiger partial charge in [-0.2, -0.15) is 0 Å². The van der Waals surface area contributed by atoms with Gasteiger partial charge in [0.1, 0.15) is 0 Å². The number of rotatable bonds is 7. The minimum Gasteiger partial charge on any atom is -0.379 e. The van der Waals surface area contributed by atoms with E-state index in [0.29, 0.717) is 11.4 Å². The van der Waals surface area contributed by atoms with Crippen LogP contribution in [0.2, 0.25) is 0 Å². The van der Waals surface area contributed by atoms with Crippen LogP contribution in [0.25, 0.3) is 0 Å². The monoisotopic (exact) mass is 294 g/mol. The van der Waals surface area contributed by atoms with E-state index in [1.165, 1.54) is 32.1 Å². The van der Waals surface area contributed by atoms with Crippen LogP contribution in [0.5, 0.6) is 0 Å². The minimum absolute atomic E-state index is 0.528. The van der Waals surface area contributed by atoms with E-state index < -0.39 is 0 Å². The molecule has 0 amide bonds. The van der Waals surface area contributed by atoms with Crippen LogP contribution >= 0.6 is 0 Å². The Bertz CT molecular complexity index is 357. The summed E-state index contributed by atoms with van der Waals surface area (Å²) >= 11 is 0. The van der Waals surface area contributed by atoms with Gasteiger partial charge in [-0.15, -0.1) is 0 Å². The second-order valence-electron chi connectivity index (χ2n) is 6.93. The zero-order chi connectivity index (χ0) is 14.5. The van der Waals surface area contributed by atoms with Crippen LogP contribution in [0.1, 0.15) is 38.5 Å². The molecule has 2 saturated carbocycles. The molecule has 0 radical (unpaired) electrons. The van der Waals surface area contributed by atoms with Crippen LogP contribution < -0.4 is 11.1 Å². The third-order valence-corrected chi connectivity index (χ3v) is 5.42. The Morgan fingerprint density at radius 1 is 1.29 bits per heavy atom. The van der Waals surface area contributed by atoms with Crippen LogP contribution in [0.3, 0.4) is 0 Å². The summed E-state index contributed by atoms with van der Waals surface area (Å²) in [6.45, 7) is 6.86. The summed E-state index contributed by atoms with van der Waals surface area (Å²) in [5.41, 5.74) is 6.53. The molecular formula is C16H30N4O. The van der Waals surface area contributed by atoms with Gasteiger partial charge in [-0.1, -0.05) is 6.42 Å². The number of nitrogens with one attached hydrogen (secondary N) is 1. The lowest BCUT2D eigenvalue weighted by Gasteiger charge is -2.41. The third kappa shape index (κ3) is 4.10. The highest BCUT2D eigenvalue weighted by atomic mass is 16.5. The molecule has 3 N–H and O–H groups in total. The molecule has 1 heterocycles. The van der Waals surface area contributed by atoms with Crippen molar-refractivity contribution in [2.24, 2.45) is 22.1 Å². The first-order valence-electron chi connectivity index (χ1n) is 8.62. The number of nitrogens with two attached hydrogens (primary N) is 1. The molecule has 3 rings (SSSR count). The Balaban J connectivity index is 1.30. The van der Waals surface area contributed by atoms with Crippen LogP contribution in [-0.4, -0.2) is 56.8 Å². The molecule has 120 valence electrons. The van der Waals surface area contributed by atoms with Crippen molar-refractivity contribution >= 4 is 5.96 Å². The zero-order valence-electron chi connectivity index (χ0n) is 13.1. The molecule has 5 nitrogen and oxygen atoms in total. The Hall–Kier alpha value is -0.810. The molecule has 0 aromatic carbocycles. The molecule has 0 unspecified atom stereocenters. The lowest BCUT2D eigenvalue weighted by atomic mass is 9.65. The van der Waals surface area contributed by atoms with Crippen molar-refractivity contribution in [3.05, 3.63) is 0 Å². The fraction of sp³-hybridized carbons (Fsp3) is 0.938. The average Bonchev–Trinajstić information content (AvgIpc) is 3.29. The summed E-state index contributed by atoms with van der Waals surface area (Å²) in [5, 5.41) is 3.27. The van der Waals surface area contributed by atoms with E-state index in [0.717, 1.165) is 58.3 Å². The van der Waals surface area contributed by atoms with Gasteiger partial charge in [-0.3, -0.25) is 9.89 Å². The van der Waals surface area contributed by atoms with Crippen LogP contribution in [-0.2, 0) is 4.74 Å². The molecule has 3 fully saturated rings. The Labute approximate surface area is 128 Å². The summed E-state index contributed by atoms with van der Waals surface area (Å²) in [6.07, 6.45) is 8.07. The maximum atomic E-state index is 6.00. The summed E-state index contributed by atoms with van der Waals surface area (Å²) in [5.74, 6) is 1.59. The van der Waals surface area contributed by atoms with Crippen LogP contribution in [0.15, 0.2) is 4.99 Å². The number of ether oxygens (including phenoxy) is 1. The van der Waals surface area contributed by atoms with E-state index in [2.05, 4.69) is 15.2 Å². The Morgan fingerprint density at radius 2 is 2.05 bits per heavy atom. The summed E-state index contributed by atoms with van der Waals surface area (Å²) in [7, 11) is 0. The van der Waals surface area contributed by atoms with Crippen molar-refractivity contribution in [2.45, 2.75) is 38.5 Å². The van der Waals surface area contributed by atoms with Crippen molar-refractivity contribution in [3.63, 3.8) is 0 Å². The Morgan fingerprint density at radius 3 is 2.67 bits per heavy atom. The fourth-order valence-corrected chi connectivity index (χ4v) is 3.66. The summed E-state index contributed by atoms with van der Waals surface area (Å²) in [4.78, 5) is 7.07. The van der Waals surface area contributed by atoms with Crippen LogP contribution in [0, 0.1) is 11.3 Å². The van der Waals surface area contributed by atoms with Crippen molar-refractivity contribution in [1.29, 1.82) is 0 Å². The molecule has 5 heteroatoms. The molecule has 2 aliphatic carbocycles. The van der Waals surface area contributed by atoms with Crippen molar-refractivity contribution < 1.29 is 4.74 Å². The van der Waals surface area contributed by atoms with Gasteiger partial charge in [0, 0.05) is 26.2 Å². The van der Waals surface area contributed by atoms with Gasteiger partial charge >= 0.3 is 0 Å². The number of hydrogen-bond donors (Lipinski definition) is 2. The maximum absolute atomic E-state index is 6.00. The first-order chi connectivity index (χ1) is 10.3. The molecule has 0 spiro atoms. The smallest absolute Gasteiger partial charge is 0.188 e. The first kappa shape index (κ1) is 15.1. The van der Waals surface area contributed by atoms with Crippen molar-refractivity contribution in [3.8, 4) is 0 Å². The number of morpholine rings is 1. The first-order valence-corrected chi connectivity index (χ1v) is 8.62. The molecule has 0 aromatic rings. The quantitative estimate of drug-likeness (QED) is 0.421. The highest BCUT2D eigenvalue weighted by Gasteiger charge is 2.48. The van der Waals surface area contributed by atoms with Gasteiger partial charge in [0.05, 0.1) is 13.2 Å². The lowest BCUT2D eigenvalue weighted by Crippen LogP contribution is -2.40. The normalized spacial score (nSPS) is 26.4.